The third-order valence-electron chi connectivity index (χ3n) is 2.15. The molecule has 8 heteroatoms. The fourth-order valence-electron chi connectivity index (χ4n) is 1.09. The predicted molar refractivity (Wildman–Crippen MR) is 70.5 cm³/mol. The second kappa shape index (κ2) is 5.14. The van der Waals surface area contributed by atoms with E-state index in [0.717, 1.165) is 11.3 Å². The van der Waals surface area contributed by atoms with Crippen LogP contribution in [0.25, 0.3) is 0 Å². The molecular formula is C9H11Cl2NO3S2. The standard InChI is InChI=1S/C9H11Cl2NO3S2/c1-5(2)17(14,15)12(3)9(13)6-4-7(10)16-8(6)11/h4-5H,1-3H3. The van der Waals surface area contributed by atoms with Crippen molar-refractivity contribution in [3.63, 3.8) is 0 Å². The summed E-state index contributed by atoms with van der Waals surface area (Å²) in [7, 11) is -2.44. The average Bonchev–Trinajstić information content (AvgIpc) is 2.55. The van der Waals surface area contributed by atoms with Crippen LogP contribution in [0.4, 0.5) is 0 Å². The van der Waals surface area contributed by atoms with E-state index in [2.05, 4.69) is 0 Å². The molecule has 1 aromatic rings. The number of rotatable bonds is 3. The van der Waals surface area contributed by atoms with Gasteiger partial charge < -0.3 is 0 Å². The third kappa shape index (κ3) is 2.93. The number of carbonyl (C=O) groups excluding carboxylic acids is 1. The molecule has 17 heavy (non-hydrogen) atoms. The highest BCUT2D eigenvalue weighted by atomic mass is 35.5. The van der Waals surface area contributed by atoms with Gasteiger partial charge in [0.1, 0.15) is 4.34 Å². The molecule has 0 aliphatic rings. The molecule has 1 amide bonds. The first kappa shape index (κ1) is 14.8. The Labute approximate surface area is 114 Å². The number of hydrogen-bond acceptors (Lipinski definition) is 4. The average molecular weight is 316 g/mol. The van der Waals surface area contributed by atoms with Crippen LogP contribution in [0.5, 0.6) is 0 Å². The minimum absolute atomic E-state index is 0.105. The lowest BCUT2D eigenvalue weighted by Crippen LogP contribution is -2.37. The highest BCUT2D eigenvalue weighted by Crippen LogP contribution is 2.32. The van der Waals surface area contributed by atoms with Crippen LogP contribution in [0.1, 0.15) is 24.2 Å². The van der Waals surface area contributed by atoms with Gasteiger partial charge in [-0.15, -0.1) is 11.3 Å². The number of carbonyl (C=O) groups is 1. The second-order valence-electron chi connectivity index (χ2n) is 3.60. The first-order chi connectivity index (χ1) is 7.67. The molecule has 0 saturated carbocycles. The maximum atomic E-state index is 11.9. The van der Waals surface area contributed by atoms with Crippen molar-refractivity contribution in [2.24, 2.45) is 0 Å². The lowest BCUT2D eigenvalue weighted by molar-refractivity contribution is 0.0883. The minimum atomic E-state index is -3.65. The summed E-state index contributed by atoms with van der Waals surface area (Å²) in [6.45, 7) is 3.00. The van der Waals surface area contributed by atoms with Crippen molar-refractivity contribution < 1.29 is 13.2 Å². The SMILES string of the molecule is CC(C)S(=O)(=O)N(C)C(=O)c1cc(Cl)sc1Cl. The molecule has 1 rings (SSSR count). The highest BCUT2D eigenvalue weighted by molar-refractivity contribution is 7.90. The van der Waals surface area contributed by atoms with Crippen LogP contribution < -0.4 is 0 Å². The number of nitrogens with zero attached hydrogens (tertiary/aromatic N) is 1. The van der Waals surface area contributed by atoms with E-state index >= 15 is 0 Å². The summed E-state index contributed by atoms with van der Waals surface area (Å²) < 4.78 is 24.8. The van der Waals surface area contributed by atoms with Gasteiger partial charge in [-0.1, -0.05) is 23.2 Å². The molecule has 4 nitrogen and oxygen atoms in total. The van der Waals surface area contributed by atoms with Crippen LogP contribution in [-0.2, 0) is 10.0 Å². The molecule has 0 aliphatic carbocycles. The van der Waals surface area contributed by atoms with Gasteiger partial charge in [0, 0.05) is 7.05 Å². The Morgan fingerprint density at radius 1 is 1.41 bits per heavy atom. The first-order valence-electron chi connectivity index (χ1n) is 4.64. The summed E-state index contributed by atoms with van der Waals surface area (Å²) in [6.07, 6.45) is 0. The van der Waals surface area contributed by atoms with E-state index in [1.807, 2.05) is 0 Å². The number of thiophene rings is 1. The van der Waals surface area contributed by atoms with Gasteiger partial charge in [-0.3, -0.25) is 4.79 Å². The van der Waals surface area contributed by atoms with Crippen LogP contribution in [0.2, 0.25) is 8.67 Å². The highest BCUT2D eigenvalue weighted by Gasteiger charge is 2.29. The van der Waals surface area contributed by atoms with Gasteiger partial charge in [-0.25, -0.2) is 12.7 Å². The van der Waals surface area contributed by atoms with Gasteiger partial charge in [0.2, 0.25) is 10.0 Å². The van der Waals surface area contributed by atoms with Crippen molar-refractivity contribution >= 4 is 50.5 Å². The van der Waals surface area contributed by atoms with E-state index in [-0.39, 0.29) is 9.90 Å². The minimum Gasteiger partial charge on any atom is -0.268 e. The molecule has 0 fully saturated rings. The van der Waals surface area contributed by atoms with Gasteiger partial charge in [-0.2, -0.15) is 0 Å². The van der Waals surface area contributed by atoms with Crippen molar-refractivity contribution in [3.05, 3.63) is 20.3 Å². The van der Waals surface area contributed by atoms with Crippen molar-refractivity contribution in [2.45, 2.75) is 19.1 Å². The Morgan fingerprint density at radius 2 is 1.94 bits per heavy atom. The van der Waals surface area contributed by atoms with E-state index in [4.69, 9.17) is 23.2 Å². The lowest BCUT2D eigenvalue weighted by Gasteiger charge is -2.19. The van der Waals surface area contributed by atoms with Gasteiger partial charge in [0.15, 0.2) is 0 Å². The summed E-state index contributed by atoms with van der Waals surface area (Å²) in [6, 6.07) is 1.36. The molecule has 1 aromatic heterocycles. The number of amides is 1. The molecule has 0 atom stereocenters. The van der Waals surface area contributed by atoms with Crippen molar-refractivity contribution in [2.75, 3.05) is 7.05 Å². The zero-order chi connectivity index (χ0) is 13.4. The normalized spacial score (nSPS) is 11.9. The Morgan fingerprint density at radius 3 is 2.29 bits per heavy atom. The predicted octanol–water partition coefficient (Wildman–Crippen LogP) is 2.87. The van der Waals surface area contributed by atoms with Crippen molar-refractivity contribution in [1.82, 2.24) is 4.31 Å². The van der Waals surface area contributed by atoms with Crippen molar-refractivity contribution in [3.8, 4) is 0 Å². The van der Waals surface area contributed by atoms with Crippen LogP contribution in [0, 0.1) is 0 Å². The largest absolute Gasteiger partial charge is 0.269 e. The van der Waals surface area contributed by atoms with Crippen LogP contribution >= 0.6 is 34.5 Å². The number of halogens is 2. The molecular weight excluding hydrogens is 305 g/mol. The maximum absolute atomic E-state index is 11.9. The van der Waals surface area contributed by atoms with Gasteiger partial charge in [-0.05, 0) is 19.9 Å². The molecule has 0 aromatic carbocycles. The molecule has 0 spiro atoms. The molecule has 0 bridgehead atoms. The molecule has 0 aliphatic heterocycles. The quantitative estimate of drug-likeness (QED) is 0.861. The molecule has 0 radical (unpaired) electrons. The Hall–Kier alpha value is -0.300. The first-order valence-corrected chi connectivity index (χ1v) is 7.72. The summed E-state index contributed by atoms with van der Waals surface area (Å²) in [5.41, 5.74) is 0.105. The van der Waals surface area contributed by atoms with Gasteiger partial charge in [0.05, 0.1) is 15.1 Å². The smallest absolute Gasteiger partial charge is 0.268 e. The lowest BCUT2D eigenvalue weighted by atomic mass is 10.3. The molecule has 1 heterocycles. The van der Waals surface area contributed by atoms with Crippen LogP contribution in [0.3, 0.4) is 0 Å². The van der Waals surface area contributed by atoms with E-state index in [9.17, 15) is 13.2 Å². The third-order valence-corrected chi connectivity index (χ3v) is 5.76. The van der Waals surface area contributed by atoms with Gasteiger partial charge in [0.25, 0.3) is 5.91 Å². The Kier molecular flexibility index (Phi) is 4.46. The monoisotopic (exact) mass is 315 g/mol. The number of hydrogen-bond donors (Lipinski definition) is 0. The molecule has 0 saturated heterocycles. The fourth-order valence-corrected chi connectivity index (χ4v) is 3.50. The maximum Gasteiger partial charge on any atom is 0.269 e. The summed E-state index contributed by atoms with van der Waals surface area (Å²) in [4.78, 5) is 11.9. The van der Waals surface area contributed by atoms with Crippen LogP contribution in [0.15, 0.2) is 6.07 Å². The number of sulfonamides is 1. The summed E-state index contributed by atoms with van der Waals surface area (Å²) >= 11 is 12.5. The fraction of sp³-hybridized carbons (Fsp3) is 0.444. The zero-order valence-electron chi connectivity index (χ0n) is 9.40. The zero-order valence-corrected chi connectivity index (χ0v) is 12.5. The summed E-state index contributed by atoms with van der Waals surface area (Å²) in [5.74, 6) is -0.674. The Bertz CT molecular complexity index is 536. The van der Waals surface area contributed by atoms with Crippen molar-refractivity contribution in [1.29, 1.82) is 0 Å². The molecule has 96 valence electrons. The van der Waals surface area contributed by atoms with Gasteiger partial charge >= 0.3 is 0 Å². The second-order valence-corrected chi connectivity index (χ2v) is 8.41. The van der Waals surface area contributed by atoms with Crippen LogP contribution in [-0.4, -0.2) is 30.9 Å². The molecule has 0 N–H and O–H groups in total. The van der Waals surface area contributed by atoms with E-state index in [1.165, 1.54) is 27.0 Å². The topological polar surface area (TPSA) is 54.5 Å². The summed E-state index contributed by atoms with van der Waals surface area (Å²) in [5, 5.41) is -0.677. The Balaban J connectivity index is 3.11. The molecule has 0 unspecified atom stereocenters. The van der Waals surface area contributed by atoms with E-state index < -0.39 is 21.2 Å². The van der Waals surface area contributed by atoms with E-state index in [0.29, 0.717) is 8.64 Å². The van der Waals surface area contributed by atoms with E-state index in [1.54, 1.807) is 0 Å².